The van der Waals surface area contributed by atoms with Gasteiger partial charge in [0.1, 0.15) is 5.82 Å². The van der Waals surface area contributed by atoms with Crippen LogP contribution in [0.5, 0.6) is 6.01 Å². The average molecular weight is 226 g/mol. The molecule has 1 rings (SSSR count). The lowest BCUT2D eigenvalue weighted by Gasteiger charge is -2.03. The van der Waals surface area contributed by atoms with Crippen LogP contribution in [0.4, 0.5) is 5.95 Å². The Hall–Kier alpha value is -1.96. The summed E-state index contributed by atoms with van der Waals surface area (Å²) in [5, 5.41) is 0. The van der Waals surface area contributed by atoms with Crippen LogP contribution >= 0.6 is 0 Å². The Morgan fingerprint density at radius 1 is 1.44 bits per heavy atom. The number of nitrogens with one attached hydrogen (secondary N) is 1. The molecule has 1 aromatic heterocycles. The predicted molar refractivity (Wildman–Crippen MR) is 57.2 cm³/mol. The van der Waals surface area contributed by atoms with E-state index in [4.69, 9.17) is 15.3 Å². The van der Waals surface area contributed by atoms with Crippen molar-refractivity contribution in [2.24, 2.45) is 10.7 Å². The number of methoxy groups -OCH3 is 1. The molecule has 0 aromatic carbocycles. The van der Waals surface area contributed by atoms with Crippen molar-refractivity contribution in [3.8, 4) is 6.01 Å². The van der Waals surface area contributed by atoms with Gasteiger partial charge in [-0.25, -0.2) is 5.48 Å². The molecule has 0 aliphatic heterocycles. The Morgan fingerprint density at radius 3 is 2.81 bits per heavy atom. The van der Waals surface area contributed by atoms with E-state index in [9.17, 15) is 0 Å². The van der Waals surface area contributed by atoms with Crippen molar-refractivity contribution >= 4 is 11.9 Å². The summed E-state index contributed by atoms with van der Waals surface area (Å²) in [5.41, 5.74) is 7.93. The van der Waals surface area contributed by atoms with Crippen molar-refractivity contribution in [3.63, 3.8) is 0 Å². The number of aryl methyl sites for hydroxylation is 1. The summed E-state index contributed by atoms with van der Waals surface area (Å²) in [5.74, 6) is 0.721. The minimum atomic E-state index is 0.0644. The molecular formula is C8H14N6O2. The largest absolute Gasteiger partial charge is 0.467 e. The van der Waals surface area contributed by atoms with Gasteiger partial charge in [0.25, 0.3) is 5.95 Å². The highest BCUT2D eigenvalue weighted by molar-refractivity contribution is 5.78. The summed E-state index contributed by atoms with van der Waals surface area (Å²) >= 11 is 0. The molecule has 0 fully saturated rings. The van der Waals surface area contributed by atoms with Crippen molar-refractivity contribution in [2.45, 2.75) is 13.8 Å². The second-order valence-electron chi connectivity index (χ2n) is 2.70. The van der Waals surface area contributed by atoms with Crippen LogP contribution in [0.1, 0.15) is 12.7 Å². The van der Waals surface area contributed by atoms with Gasteiger partial charge in [0.05, 0.1) is 13.7 Å². The van der Waals surface area contributed by atoms with E-state index in [2.05, 4.69) is 25.4 Å². The van der Waals surface area contributed by atoms with Crippen molar-refractivity contribution in [1.29, 1.82) is 0 Å². The first-order valence-electron chi connectivity index (χ1n) is 4.64. The van der Waals surface area contributed by atoms with Gasteiger partial charge in [0, 0.05) is 0 Å². The van der Waals surface area contributed by atoms with Gasteiger partial charge >= 0.3 is 6.01 Å². The van der Waals surface area contributed by atoms with Gasteiger partial charge in [0.15, 0.2) is 0 Å². The predicted octanol–water partition coefficient (Wildman–Crippen LogP) is -0.324. The molecule has 0 atom stereocenters. The normalized spacial score (nSPS) is 11.3. The lowest BCUT2D eigenvalue weighted by molar-refractivity contribution is 0.0959. The maximum absolute atomic E-state index is 5.51. The van der Waals surface area contributed by atoms with E-state index >= 15 is 0 Å². The standard InChI is InChI=1S/C8H14N6O2/c1-4-16-14-6(9)12-7-10-5(2)11-8(13-7)15-3/h4H2,1-3H3,(H3,9,10,11,12,13,14). The average Bonchev–Trinajstić information content (AvgIpc) is 2.25. The molecule has 1 aromatic rings. The summed E-state index contributed by atoms with van der Waals surface area (Å²) in [7, 11) is 1.46. The molecule has 8 heteroatoms. The zero-order valence-electron chi connectivity index (χ0n) is 9.39. The number of aromatic nitrogens is 3. The van der Waals surface area contributed by atoms with E-state index in [1.54, 1.807) is 6.92 Å². The highest BCUT2D eigenvalue weighted by Crippen LogP contribution is 2.08. The maximum Gasteiger partial charge on any atom is 0.321 e. The van der Waals surface area contributed by atoms with Crippen molar-refractivity contribution in [3.05, 3.63) is 5.82 Å². The number of hydroxylamine groups is 1. The molecule has 0 saturated heterocycles. The van der Waals surface area contributed by atoms with E-state index in [1.807, 2.05) is 6.92 Å². The Balaban J connectivity index is 2.83. The number of hydrogen-bond acceptors (Lipinski definition) is 6. The number of ether oxygens (including phenoxy) is 1. The number of nitrogens with zero attached hydrogens (tertiary/aromatic N) is 4. The highest BCUT2D eigenvalue weighted by atomic mass is 16.6. The van der Waals surface area contributed by atoms with Gasteiger partial charge in [0.2, 0.25) is 5.96 Å². The van der Waals surface area contributed by atoms with Crippen molar-refractivity contribution < 1.29 is 9.57 Å². The second-order valence-corrected chi connectivity index (χ2v) is 2.70. The van der Waals surface area contributed by atoms with Crippen LogP contribution in [0, 0.1) is 6.92 Å². The van der Waals surface area contributed by atoms with Gasteiger partial charge < -0.3 is 10.5 Å². The van der Waals surface area contributed by atoms with Crippen LogP contribution in [-0.2, 0) is 4.84 Å². The van der Waals surface area contributed by atoms with Crippen LogP contribution in [0.2, 0.25) is 0 Å². The number of guanidine groups is 1. The third-order valence-corrected chi connectivity index (χ3v) is 1.44. The fourth-order valence-corrected chi connectivity index (χ4v) is 0.862. The molecule has 1 heterocycles. The number of aliphatic imine (C=N–C) groups is 1. The van der Waals surface area contributed by atoms with E-state index in [-0.39, 0.29) is 17.9 Å². The molecule has 16 heavy (non-hydrogen) atoms. The van der Waals surface area contributed by atoms with Crippen LogP contribution in [-0.4, -0.2) is 34.6 Å². The lowest BCUT2D eigenvalue weighted by Crippen LogP contribution is -2.31. The Bertz CT molecular complexity index is 381. The van der Waals surface area contributed by atoms with E-state index in [1.165, 1.54) is 7.11 Å². The third kappa shape index (κ3) is 3.65. The SMILES string of the molecule is CCONC(N)=Nc1nc(C)nc(OC)n1. The number of rotatable bonds is 4. The van der Waals surface area contributed by atoms with E-state index in [0.29, 0.717) is 12.4 Å². The molecule has 8 nitrogen and oxygen atoms in total. The van der Waals surface area contributed by atoms with Crippen LogP contribution < -0.4 is 16.0 Å². The highest BCUT2D eigenvalue weighted by Gasteiger charge is 2.03. The quantitative estimate of drug-likeness (QED) is 0.411. The minimum Gasteiger partial charge on any atom is -0.467 e. The molecule has 0 amide bonds. The zero-order chi connectivity index (χ0) is 12.0. The molecule has 0 radical (unpaired) electrons. The molecule has 0 bridgehead atoms. The van der Waals surface area contributed by atoms with Crippen molar-refractivity contribution in [2.75, 3.05) is 13.7 Å². The summed E-state index contributed by atoms with van der Waals surface area (Å²) in [6.07, 6.45) is 0. The molecule has 88 valence electrons. The second kappa shape index (κ2) is 5.81. The number of hydrogen-bond donors (Lipinski definition) is 2. The van der Waals surface area contributed by atoms with E-state index < -0.39 is 0 Å². The molecule has 0 aliphatic rings. The molecule has 3 N–H and O–H groups in total. The fourth-order valence-electron chi connectivity index (χ4n) is 0.862. The van der Waals surface area contributed by atoms with Gasteiger partial charge in [-0.2, -0.15) is 19.9 Å². The molecular weight excluding hydrogens is 212 g/mol. The van der Waals surface area contributed by atoms with Crippen LogP contribution in [0.3, 0.4) is 0 Å². The Morgan fingerprint density at radius 2 is 2.19 bits per heavy atom. The van der Waals surface area contributed by atoms with E-state index in [0.717, 1.165) is 0 Å². The first kappa shape index (κ1) is 12.1. The first-order chi connectivity index (χ1) is 7.65. The molecule has 0 unspecified atom stereocenters. The van der Waals surface area contributed by atoms with Crippen LogP contribution in [0.25, 0.3) is 0 Å². The lowest BCUT2D eigenvalue weighted by atomic mass is 10.7. The monoisotopic (exact) mass is 226 g/mol. The summed E-state index contributed by atoms with van der Waals surface area (Å²) < 4.78 is 4.87. The zero-order valence-corrected chi connectivity index (χ0v) is 9.39. The molecule has 0 aliphatic carbocycles. The van der Waals surface area contributed by atoms with Crippen molar-refractivity contribution in [1.82, 2.24) is 20.4 Å². The topological polar surface area (TPSA) is 108 Å². The van der Waals surface area contributed by atoms with Crippen LogP contribution in [0.15, 0.2) is 4.99 Å². The summed E-state index contributed by atoms with van der Waals surface area (Å²) in [6.45, 7) is 3.99. The number of nitrogens with two attached hydrogens (primary N) is 1. The summed E-state index contributed by atoms with van der Waals surface area (Å²) in [6, 6.07) is 0.190. The van der Waals surface area contributed by atoms with Gasteiger partial charge in [-0.15, -0.1) is 0 Å². The third-order valence-electron chi connectivity index (χ3n) is 1.44. The maximum atomic E-state index is 5.51. The smallest absolute Gasteiger partial charge is 0.321 e. The van der Waals surface area contributed by atoms with Gasteiger partial charge in [-0.1, -0.05) is 0 Å². The summed E-state index contributed by atoms with van der Waals surface area (Å²) in [4.78, 5) is 20.5. The molecule has 0 saturated carbocycles. The van der Waals surface area contributed by atoms with Gasteiger partial charge in [-0.3, -0.25) is 4.84 Å². The fraction of sp³-hybridized carbons (Fsp3) is 0.500. The Kier molecular flexibility index (Phi) is 4.40. The molecule has 0 spiro atoms. The minimum absolute atomic E-state index is 0.0644. The van der Waals surface area contributed by atoms with Gasteiger partial charge in [-0.05, 0) is 13.8 Å². The Labute approximate surface area is 92.9 Å². The first-order valence-corrected chi connectivity index (χ1v) is 4.64.